The number of amides is 2. The van der Waals surface area contributed by atoms with Gasteiger partial charge in [0.2, 0.25) is 5.91 Å². The van der Waals surface area contributed by atoms with Crippen molar-refractivity contribution in [3.63, 3.8) is 0 Å². The average molecular weight is 291 g/mol. The van der Waals surface area contributed by atoms with Crippen LogP contribution in [0.2, 0.25) is 0 Å². The van der Waals surface area contributed by atoms with Crippen LogP contribution in [-0.2, 0) is 9.59 Å². The van der Waals surface area contributed by atoms with Gasteiger partial charge in [0.1, 0.15) is 5.75 Å². The molecule has 2 rings (SSSR count). The first-order valence-corrected chi connectivity index (χ1v) is 7.13. The monoisotopic (exact) mass is 291 g/mol. The molecule has 1 aliphatic rings. The highest BCUT2D eigenvalue weighted by molar-refractivity contribution is 5.85. The largest absolute Gasteiger partial charge is 0.484 e. The quantitative estimate of drug-likeness (QED) is 0.807. The number of nitrogens with two attached hydrogens (primary N) is 1. The summed E-state index contributed by atoms with van der Waals surface area (Å²) in [5, 5.41) is 2.57. The summed E-state index contributed by atoms with van der Waals surface area (Å²) in [5.41, 5.74) is 5.83. The van der Waals surface area contributed by atoms with Crippen molar-refractivity contribution in [2.75, 3.05) is 26.2 Å². The fourth-order valence-electron chi connectivity index (χ4n) is 2.24. The lowest BCUT2D eigenvalue weighted by atomic mass is 10.1. The summed E-state index contributed by atoms with van der Waals surface area (Å²) in [6.07, 6.45) is 1.86. The molecule has 0 radical (unpaired) electrons. The van der Waals surface area contributed by atoms with Gasteiger partial charge >= 0.3 is 0 Å². The van der Waals surface area contributed by atoms with Crippen LogP contribution in [0.15, 0.2) is 30.3 Å². The molecular weight excluding hydrogens is 270 g/mol. The van der Waals surface area contributed by atoms with E-state index in [0.29, 0.717) is 18.8 Å². The Morgan fingerprint density at radius 2 is 2.10 bits per heavy atom. The van der Waals surface area contributed by atoms with Crippen LogP contribution in [0.4, 0.5) is 0 Å². The van der Waals surface area contributed by atoms with E-state index in [9.17, 15) is 9.59 Å². The van der Waals surface area contributed by atoms with Gasteiger partial charge in [0.15, 0.2) is 6.61 Å². The Hall–Kier alpha value is -2.08. The minimum atomic E-state index is -0.312. The molecule has 1 fully saturated rings. The van der Waals surface area contributed by atoms with Crippen LogP contribution in [0.25, 0.3) is 0 Å². The highest BCUT2D eigenvalue weighted by atomic mass is 16.5. The molecule has 0 bridgehead atoms. The van der Waals surface area contributed by atoms with Crippen LogP contribution in [0.3, 0.4) is 0 Å². The van der Waals surface area contributed by atoms with E-state index in [0.717, 1.165) is 12.8 Å². The molecular formula is C15H21N3O3. The van der Waals surface area contributed by atoms with Gasteiger partial charge in [-0.3, -0.25) is 9.59 Å². The Balaban J connectivity index is 1.67. The first-order valence-electron chi connectivity index (χ1n) is 7.13. The predicted octanol–water partition coefficient (Wildman–Crippen LogP) is 0.131. The number of nitrogens with one attached hydrogen (secondary N) is 1. The number of likely N-dealkylation sites (tertiary alicyclic amines) is 1. The normalized spacial score (nSPS) is 18.1. The fourth-order valence-corrected chi connectivity index (χ4v) is 2.24. The molecule has 1 aliphatic heterocycles. The third-order valence-electron chi connectivity index (χ3n) is 3.36. The van der Waals surface area contributed by atoms with Gasteiger partial charge in [0, 0.05) is 19.1 Å². The van der Waals surface area contributed by atoms with Crippen molar-refractivity contribution in [1.82, 2.24) is 10.2 Å². The number of nitrogens with zero attached hydrogens (tertiary/aromatic N) is 1. The summed E-state index contributed by atoms with van der Waals surface area (Å²) in [6.45, 7) is 1.17. The Bertz CT molecular complexity index is 478. The van der Waals surface area contributed by atoms with Gasteiger partial charge in [-0.15, -0.1) is 0 Å². The molecule has 114 valence electrons. The maximum Gasteiger partial charge on any atom is 0.258 e. The Kier molecular flexibility index (Phi) is 5.57. The predicted molar refractivity (Wildman–Crippen MR) is 78.7 cm³/mol. The minimum Gasteiger partial charge on any atom is -0.484 e. The van der Waals surface area contributed by atoms with Gasteiger partial charge in [-0.2, -0.15) is 0 Å². The van der Waals surface area contributed by atoms with Gasteiger partial charge in [-0.1, -0.05) is 18.2 Å². The number of rotatable bonds is 5. The zero-order chi connectivity index (χ0) is 15.1. The Morgan fingerprint density at radius 3 is 2.81 bits per heavy atom. The molecule has 2 amide bonds. The van der Waals surface area contributed by atoms with Crippen LogP contribution in [0, 0.1) is 0 Å². The van der Waals surface area contributed by atoms with E-state index in [1.165, 1.54) is 0 Å². The molecule has 1 aromatic rings. The van der Waals surface area contributed by atoms with Gasteiger partial charge in [-0.05, 0) is 25.0 Å². The number of ether oxygens (including phenoxy) is 1. The Morgan fingerprint density at radius 1 is 1.33 bits per heavy atom. The van der Waals surface area contributed by atoms with Crippen molar-refractivity contribution in [2.45, 2.75) is 18.9 Å². The Labute approximate surface area is 124 Å². The molecule has 21 heavy (non-hydrogen) atoms. The maximum atomic E-state index is 11.9. The topological polar surface area (TPSA) is 84.7 Å². The van der Waals surface area contributed by atoms with E-state index in [-0.39, 0.29) is 31.0 Å². The number of piperidine rings is 1. The summed E-state index contributed by atoms with van der Waals surface area (Å²) in [5.74, 6) is 0.215. The summed E-state index contributed by atoms with van der Waals surface area (Å²) in [6, 6.07) is 9.11. The van der Waals surface area contributed by atoms with E-state index in [1.807, 2.05) is 18.2 Å². The average Bonchev–Trinajstić information content (AvgIpc) is 2.51. The van der Waals surface area contributed by atoms with Crippen LogP contribution < -0.4 is 15.8 Å². The van der Waals surface area contributed by atoms with E-state index < -0.39 is 0 Å². The number of carbonyl (C=O) groups excluding carboxylic acids is 2. The van der Waals surface area contributed by atoms with E-state index in [2.05, 4.69) is 5.32 Å². The SMILES string of the molecule is NC1CCCN(C(=O)CNC(=O)COc2ccccc2)C1. The van der Waals surface area contributed by atoms with Crippen LogP contribution in [-0.4, -0.2) is 49.0 Å². The van der Waals surface area contributed by atoms with Crippen molar-refractivity contribution in [1.29, 1.82) is 0 Å². The molecule has 3 N–H and O–H groups in total. The first kappa shape index (κ1) is 15.3. The highest BCUT2D eigenvalue weighted by Crippen LogP contribution is 2.08. The first-order chi connectivity index (χ1) is 10.1. The second kappa shape index (κ2) is 7.64. The number of hydrogen-bond acceptors (Lipinski definition) is 4. The number of carbonyl (C=O) groups is 2. The second-order valence-corrected chi connectivity index (χ2v) is 5.12. The molecule has 1 unspecified atom stereocenters. The molecule has 1 atom stereocenters. The lowest BCUT2D eigenvalue weighted by Gasteiger charge is -2.30. The molecule has 1 heterocycles. The molecule has 0 saturated carbocycles. The van der Waals surface area contributed by atoms with E-state index in [1.54, 1.807) is 17.0 Å². The number of hydrogen-bond donors (Lipinski definition) is 2. The fraction of sp³-hybridized carbons (Fsp3) is 0.467. The third kappa shape index (κ3) is 5.07. The molecule has 6 nitrogen and oxygen atoms in total. The standard InChI is InChI=1S/C15H21N3O3/c16-12-5-4-8-18(10-12)15(20)9-17-14(19)11-21-13-6-2-1-3-7-13/h1-3,6-7,12H,4-5,8-11,16H2,(H,17,19). The van der Waals surface area contributed by atoms with Gasteiger partial charge < -0.3 is 20.7 Å². The summed E-state index contributed by atoms with van der Waals surface area (Å²) >= 11 is 0. The third-order valence-corrected chi connectivity index (χ3v) is 3.36. The molecule has 0 aromatic heterocycles. The van der Waals surface area contributed by atoms with Gasteiger partial charge in [-0.25, -0.2) is 0 Å². The van der Waals surface area contributed by atoms with Crippen LogP contribution >= 0.6 is 0 Å². The smallest absolute Gasteiger partial charge is 0.258 e. The zero-order valence-electron chi connectivity index (χ0n) is 12.0. The zero-order valence-corrected chi connectivity index (χ0v) is 12.0. The molecule has 0 spiro atoms. The minimum absolute atomic E-state index is 0.0102. The molecule has 6 heteroatoms. The number of para-hydroxylation sites is 1. The van der Waals surface area contributed by atoms with Gasteiger partial charge in [0.25, 0.3) is 5.91 Å². The van der Waals surface area contributed by atoms with Crippen molar-refractivity contribution >= 4 is 11.8 Å². The van der Waals surface area contributed by atoms with Crippen LogP contribution in [0.1, 0.15) is 12.8 Å². The summed E-state index contributed by atoms with van der Waals surface area (Å²) in [7, 11) is 0. The van der Waals surface area contributed by atoms with Crippen molar-refractivity contribution in [2.24, 2.45) is 5.73 Å². The van der Waals surface area contributed by atoms with E-state index in [4.69, 9.17) is 10.5 Å². The number of benzene rings is 1. The van der Waals surface area contributed by atoms with Crippen LogP contribution in [0.5, 0.6) is 5.75 Å². The summed E-state index contributed by atoms with van der Waals surface area (Å²) in [4.78, 5) is 25.3. The van der Waals surface area contributed by atoms with Crippen molar-refractivity contribution < 1.29 is 14.3 Å². The lowest BCUT2D eigenvalue weighted by Crippen LogP contribution is -2.49. The van der Waals surface area contributed by atoms with Crippen molar-refractivity contribution in [3.8, 4) is 5.75 Å². The second-order valence-electron chi connectivity index (χ2n) is 5.12. The maximum absolute atomic E-state index is 11.9. The molecule has 1 aromatic carbocycles. The summed E-state index contributed by atoms with van der Waals surface area (Å²) < 4.78 is 5.31. The molecule has 0 aliphatic carbocycles. The highest BCUT2D eigenvalue weighted by Gasteiger charge is 2.21. The van der Waals surface area contributed by atoms with E-state index >= 15 is 0 Å². The van der Waals surface area contributed by atoms with Crippen molar-refractivity contribution in [3.05, 3.63) is 30.3 Å². The molecule has 1 saturated heterocycles. The van der Waals surface area contributed by atoms with Gasteiger partial charge in [0.05, 0.1) is 6.54 Å². The lowest BCUT2D eigenvalue weighted by molar-refractivity contribution is -0.134.